The Morgan fingerprint density at radius 3 is 2.67 bits per heavy atom. The molecule has 98 valence electrons. The van der Waals surface area contributed by atoms with Crippen molar-refractivity contribution in [3.63, 3.8) is 0 Å². The molecule has 1 heterocycles. The minimum atomic E-state index is 0.0571. The summed E-state index contributed by atoms with van der Waals surface area (Å²) in [6, 6.07) is 6.34. The number of para-hydroxylation sites is 1. The first-order valence-corrected chi connectivity index (χ1v) is 7.08. The molecule has 0 aliphatic heterocycles. The van der Waals surface area contributed by atoms with Crippen LogP contribution in [0.2, 0.25) is 0 Å². The highest BCUT2D eigenvalue weighted by Gasteiger charge is 2.25. The Bertz CT molecular complexity index is 555. The molecule has 0 spiro atoms. The molecule has 0 N–H and O–H groups in total. The van der Waals surface area contributed by atoms with Gasteiger partial charge >= 0.3 is 0 Å². The van der Waals surface area contributed by atoms with E-state index in [1.807, 2.05) is 0 Å². The molecular weight excluding hydrogens is 244 g/mol. The van der Waals surface area contributed by atoms with Crippen LogP contribution < -0.4 is 0 Å². The fraction of sp³-hybridized carbons (Fsp3) is 0.533. The van der Waals surface area contributed by atoms with Crippen LogP contribution in [-0.2, 0) is 11.4 Å². The van der Waals surface area contributed by atoms with Gasteiger partial charge in [-0.2, -0.15) is 0 Å². The van der Waals surface area contributed by atoms with Crippen LogP contribution in [0.4, 0.5) is 0 Å². The number of benzene rings is 1. The standard InChI is InChI=1S/C15H21ClN2/c1-5-9-15(3,4)18-12-8-6-7-11(2)14(12)17-13(18)10-16/h6-8H,5,9-10H2,1-4H3. The molecule has 0 aliphatic rings. The molecule has 2 rings (SSSR count). The van der Waals surface area contributed by atoms with Gasteiger partial charge in [0.05, 0.1) is 16.9 Å². The molecule has 3 heteroatoms. The summed E-state index contributed by atoms with van der Waals surface area (Å²) in [5.74, 6) is 1.43. The van der Waals surface area contributed by atoms with Gasteiger partial charge in [-0.15, -0.1) is 11.6 Å². The zero-order valence-electron chi connectivity index (χ0n) is 11.6. The summed E-state index contributed by atoms with van der Waals surface area (Å²) >= 11 is 6.08. The molecule has 1 aromatic carbocycles. The van der Waals surface area contributed by atoms with Gasteiger partial charge in [0.15, 0.2) is 0 Å². The Hall–Kier alpha value is -1.02. The molecule has 0 radical (unpaired) electrons. The summed E-state index contributed by atoms with van der Waals surface area (Å²) < 4.78 is 2.31. The molecule has 0 bridgehead atoms. The number of aryl methyl sites for hydroxylation is 1. The van der Waals surface area contributed by atoms with E-state index in [4.69, 9.17) is 16.6 Å². The Kier molecular flexibility index (Phi) is 3.67. The topological polar surface area (TPSA) is 17.8 Å². The van der Waals surface area contributed by atoms with E-state index in [0.717, 1.165) is 24.2 Å². The van der Waals surface area contributed by atoms with E-state index in [2.05, 4.69) is 50.5 Å². The second-order valence-electron chi connectivity index (χ2n) is 5.50. The molecule has 0 atom stereocenters. The second-order valence-corrected chi connectivity index (χ2v) is 5.77. The molecule has 0 amide bonds. The Balaban J connectivity index is 2.71. The molecule has 0 saturated heterocycles. The molecular formula is C15H21ClN2. The summed E-state index contributed by atoms with van der Waals surface area (Å²) in [6.07, 6.45) is 2.27. The fourth-order valence-corrected chi connectivity index (χ4v) is 2.96. The summed E-state index contributed by atoms with van der Waals surface area (Å²) in [7, 11) is 0. The molecule has 2 nitrogen and oxygen atoms in total. The van der Waals surface area contributed by atoms with Gasteiger partial charge in [-0.3, -0.25) is 0 Å². The van der Waals surface area contributed by atoms with Crippen LogP contribution in [-0.4, -0.2) is 9.55 Å². The molecule has 0 aliphatic carbocycles. The number of rotatable bonds is 4. The monoisotopic (exact) mass is 264 g/mol. The summed E-state index contributed by atoms with van der Waals surface area (Å²) in [6.45, 7) is 8.84. The van der Waals surface area contributed by atoms with E-state index in [1.54, 1.807) is 0 Å². The number of imidazole rings is 1. The number of alkyl halides is 1. The third-order valence-corrected chi connectivity index (χ3v) is 3.78. The second kappa shape index (κ2) is 4.93. The van der Waals surface area contributed by atoms with E-state index < -0.39 is 0 Å². The largest absolute Gasteiger partial charge is 0.321 e. The van der Waals surface area contributed by atoms with Crippen LogP contribution in [0.3, 0.4) is 0 Å². The summed E-state index contributed by atoms with van der Waals surface area (Å²) in [5.41, 5.74) is 3.55. The zero-order chi connectivity index (χ0) is 13.3. The van der Waals surface area contributed by atoms with Gasteiger partial charge in [0, 0.05) is 5.54 Å². The quantitative estimate of drug-likeness (QED) is 0.737. The van der Waals surface area contributed by atoms with E-state index >= 15 is 0 Å². The van der Waals surface area contributed by atoms with Crippen LogP contribution in [0.1, 0.15) is 45.0 Å². The number of nitrogens with zero attached hydrogens (tertiary/aromatic N) is 2. The Labute approximate surface area is 114 Å². The number of fused-ring (bicyclic) bond motifs is 1. The first-order valence-electron chi connectivity index (χ1n) is 6.54. The van der Waals surface area contributed by atoms with Gasteiger partial charge < -0.3 is 4.57 Å². The van der Waals surface area contributed by atoms with Gasteiger partial charge in [-0.25, -0.2) is 4.98 Å². The molecule has 0 saturated carbocycles. The maximum absolute atomic E-state index is 6.08. The van der Waals surface area contributed by atoms with Crippen molar-refractivity contribution in [1.29, 1.82) is 0 Å². The predicted molar refractivity (Wildman–Crippen MR) is 78.3 cm³/mol. The SMILES string of the molecule is CCCC(C)(C)n1c(CCl)nc2c(C)cccc21. The molecule has 0 unspecified atom stereocenters. The first kappa shape index (κ1) is 13.4. The highest BCUT2D eigenvalue weighted by molar-refractivity contribution is 6.16. The average molecular weight is 265 g/mol. The Morgan fingerprint density at radius 1 is 1.33 bits per heavy atom. The number of aromatic nitrogens is 2. The highest BCUT2D eigenvalue weighted by Crippen LogP contribution is 2.30. The van der Waals surface area contributed by atoms with Crippen molar-refractivity contribution in [2.45, 2.75) is 52.0 Å². The molecule has 2 aromatic rings. The van der Waals surface area contributed by atoms with E-state index in [9.17, 15) is 0 Å². The minimum absolute atomic E-state index is 0.0571. The van der Waals surface area contributed by atoms with Crippen molar-refractivity contribution in [3.05, 3.63) is 29.6 Å². The first-order chi connectivity index (χ1) is 8.51. The van der Waals surface area contributed by atoms with Crippen molar-refractivity contribution in [1.82, 2.24) is 9.55 Å². The molecule has 1 aromatic heterocycles. The van der Waals surface area contributed by atoms with Crippen molar-refractivity contribution in [2.24, 2.45) is 0 Å². The third-order valence-electron chi connectivity index (χ3n) is 3.54. The summed E-state index contributed by atoms with van der Waals surface area (Å²) in [5, 5.41) is 0. The van der Waals surface area contributed by atoms with Crippen LogP contribution in [0, 0.1) is 6.92 Å². The maximum Gasteiger partial charge on any atom is 0.125 e. The van der Waals surface area contributed by atoms with E-state index in [1.165, 1.54) is 11.1 Å². The highest BCUT2D eigenvalue weighted by atomic mass is 35.5. The van der Waals surface area contributed by atoms with Crippen molar-refractivity contribution in [2.75, 3.05) is 0 Å². The smallest absolute Gasteiger partial charge is 0.125 e. The fourth-order valence-electron chi connectivity index (χ4n) is 2.78. The lowest BCUT2D eigenvalue weighted by molar-refractivity contribution is 0.326. The lowest BCUT2D eigenvalue weighted by Crippen LogP contribution is -2.27. The zero-order valence-corrected chi connectivity index (χ0v) is 12.4. The third kappa shape index (κ3) is 2.14. The number of halogens is 1. The van der Waals surface area contributed by atoms with Gasteiger partial charge in [0.1, 0.15) is 5.82 Å². The Morgan fingerprint density at radius 2 is 2.06 bits per heavy atom. The summed E-state index contributed by atoms with van der Waals surface area (Å²) in [4.78, 5) is 4.71. The lowest BCUT2D eigenvalue weighted by Gasteiger charge is -2.29. The van der Waals surface area contributed by atoms with Crippen LogP contribution >= 0.6 is 11.6 Å². The van der Waals surface area contributed by atoms with E-state index in [0.29, 0.717) is 5.88 Å². The molecule has 0 fully saturated rings. The minimum Gasteiger partial charge on any atom is -0.321 e. The van der Waals surface area contributed by atoms with Crippen molar-refractivity contribution >= 4 is 22.6 Å². The van der Waals surface area contributed by atoms with Crippen LogP contribution in [0.25, 0.3) is 11.0 Å². The normalized spacial score (nSPS) is 12.3. The number of hydrogen-bond acceptors (Lipinski definition) is 1. The van der Waals surface area contributed by atoms with Gasteiger partial charge in [-0.05, 0) is 38.8 Å². The van der Waals surface area contributed by atoms with Crippen LogP contribution in [0.5, 0.6) is 0 Å². The van der Waals surface area contributed by atoms with Gasteiger partial charge in [-0.1, -0.05) is 25.5 Å². The number of hydrogen-bond donors (Lipinski definition) is 0. The van der Waals surface area contributed by atoms with Gasteiger partial charge in [0.2, 0.25) is 0 Å². The molecule has 18 heavy (non-hydrogen) atoms. The predicted octanol–water partition coefficient (Wildman–Crippen LogP) is 4.62. The lowest BCUT2D eigenvalue weighted by atomic mass is 9.98. The average Bonchev–Trinajstić information content (AvgIpc) is 2.69. The maximum atomic E-state index is 6.08. The van der Waals surface area contributed by atoms with Crippen LogP contribution in [0.15, 0.2) is 18.2 Å². The van der Waals surface area contributed by atoms with Crippen molar-refractivity contribution < 1.29 is 0 Å². The van der Waals surface area contributed by atoms with E-state index in [-0.39, 0.29) is 5.54 Å². The van der Waals surface area contributed by atoms with Crippen molar-refractivity contribution in [3.8, 4) is 0 Å². The van der Waals surface area contributed by atoms with Gasteiger partial charge in [0.25, 0.3) is 0 Å².